The second-order valence-corrected chi connectivity index (χ2v) is 18.1. The number of carbonyl (C=O) groups is 6. The van der Waals surface area contributed by atoms with Crippen molar-refractivity contribution >= 4 is 35.8 Å². The number of hydrogen-bond acceptors (Lipinski definition) is 13. The van der Waals surface area contributed by atoms with E-state index < -0.39 is 47.7 Å². The molecule has 1 saturated heterocycles. The fourth-order valence-electron chi connectivity index (χ4n) is 7.75. The van der Waals surface area contributed by atoms with Crippen molar-refractivity contribution < 1.29 is 57.2 Å². The van der Waals surface area contributed by atoms with Gasteiger partial charge in [-0.2, -0.15) is 0 Å². The molecule has 2 atom stereocenters. The fourth-order valence-corrected chi connectivity index (χ4v) is 7.75. The van der Waals surface area contributed by atoms with Crippen molar-refractivity contribution in [1.29, 1.82) is 0 Å². The molecule has 0 aromatic carbocycles. The maximum absolute atomic E-state index is 12.9. The van der Waals surface area contributed by atoms with Crippen LogP contribution < -0.4 is 5.32 Å². The molecule has 0 amide bonds. The number of nitrogens with one attached hydrogen (secondary N) is 1. The number of carbonyl (C=O) groups excluding carboxylic acids is 6. The van der Waals surface area contributed by atoms with Gasteiger partial charge in [0.25, 0.3) is 0 Å². The van der Waals surface area contributed by atoms with Gasteiger partial charge < -0.3 is 33.7 Å². The molecule has 0 spiro atoms. The topological polar surface area (TPSA) is 170 Å². The molecule has 0 radical (unpaired) electrons. The summed E-state index contributed by atoms with van der Waals surface area (Å²) in [5.41, 5.74) is 0. The second-order valence-electron chi connectivity index (χ2n) is 18.1. The molecule has 1 fully saturated rings. The molecule has 0 aromatic rings. The summed E-state index contributed by atoms with van der Waals surface area (Å²) in [6, 6.07) is -0.294. The van der Waals surface area contributed by atoms with Crippen LogP contribution in [0.25, 0.3) is 0 Å². The van der Waals surface area contributed by atoms with Gasteiger partial charge >= 0.3 is 35.8 Å². The molecule has 0 aromatic heterocycles. The van der Waals surface area contributed by atoms with Gasteiger partial charge in [-0.3, -0.25) is 28.8 Å². The first-order chi connectivity index (χ1) is 31.1. The quantitative estimate of drug-likeness (QED) is 0.0348. The van der Waals surface area contributed by atoms with Crippen LogP contribution in [0.4, 0.5) is 0 Å². The number of ether oxygens (including phenoxy) is 6. The van der Waals surface area contributed by atoms with Crippen molar-refractivity contribution in [3.63, 3.8) is 0 Å². The molecule has 0 unspecified atom stereocenters. The summed E-state index contributed by atoms with van der Waals surface area (Å²) in [6.45, 7) is 10.1. The van der Waals surface area contributed by atoms with Crippen LogP contribution in [-0.2, 0) is 57.2 Å². The van der Waals surface area contributed by atoms with E-state index in [4.69, 9.17) is 28.4 Å². The number of unbranched alkanes of at least 4 members (excludes halogenated alkanes) is 20. The first-order valence-electron chi connectivity index (χ1n) is 25.8. The average molecular weight is 910 g/mol. The maximum atomic E-state index is 12.9. The Morgan fingerprint density at radius 2 is 0.547 bits per heavy atom. The summed E-state index contributed by atoms with van der Waals surface area (Å²) in [7, 11) is 0. The molecule has 1 heterocycles. The second kappa shape index (κ2) is 41.2. The predicted molar refractivity (Wildman–Crippen MR) is 249 cm³/mol. The maximum Gasteiger partial charge on any atom is 0.306 e. The molecular formula is C51H91NO12. The monoisotopic (exact) mass is 910 g/mol. The van der Waals surface area contributed by atoms with E-state index in [1.54, 1.807) is 0 Å². The lowest BCUT2D eigenvalue weighted by Gasteiger charge is -2.36. The van der Waals surface area contributed by atoms with Crippen LogP contribution in [0.1, 0.15) is 227 Å². The Labute approximate surface area is 387 Å². The average Bonchev–Trinajstić information content (AvgIpc) is 3.24. The highest BCUT2D eigenvalue weighted by molar-refractivity contribution is 5.77. The molecule has 13 heteroatoms. The van der Waals surface area contributed by atoms with Crippen molar-refractivity contribution in [3.8, 4) is 0 Å². The van der Waals surface area contributed by atoms with E-state index in [-0.39, 0.29) is 63.8 Å². The molecule has 1 aliphatic rings. The molecule has 0 aliphatic carbocycles. The Hall–Kier alpha value is -3.22. The summed E-state index contributed by atoms with van der Waals surface area (Å²) in [6.07, 6.45) is 25.7. The van der Waals surface area contributed by atoms with Gasteiger partial charge in [0.1, 0.15) is 13.2 Å². The largest absolute Gasteiger partial charge is 0.466 e. The third kappa shape index (κ3) is 35.1. The Bertz CT molecular complexity index is 1070. The van der Waals surface area contributed by atoms with Crippen molar-refractivity contribution in [2.45, 2.75) is 239 Å². The van der Waals surface area contributed by atoms with E-state index in [0.717, 1.165) is 77.0 Å². The third-order valence-corrected chi connectivity index (χ3v) is 11.7. The summed E-state index contributed by atoms with van der Waals surface area (Å²) >= 11 is 0. The van der Waals surface area contributed by atoms with Gasteiger partial charge in [-0.1, -0.05) is 156 Å². The molecule has 13 nitrogen and oxygen atoms in total. The number of hydrogen-bond donors (Lipinski definition) is 1. The van der Waals surface area contributed by atoms with Crippen LogP contribution in [0.5, 0.6) is 0 Å². The highest BCUT2D eigenvalue weighted by Gasteiger charge is 2.32. The van der Waals surface area contributed by atoms with Crippen molar-refractivity contribution in [3.05, 3.63) is 0 Å². The van der Waals surface area contributed by atoms with Crippen LogP contribution in [0.3, 0.4) is 0 Å². The van der Waals surface area contributed by atoms with Crippen LogP contribution in [0.15, 0.2) is 0 Å². The molecular weight excluding hydrogens is 819 g/mol. The minimum Gasteiger partial charge on any atom is -0.466 e. The normalized spacial score (nSPS) is 14.5. The summed E-state index contributed by atoms with van der Waals surface area (Å²) in [5, 5.41) is 3.25. The minimum absolute atomic E-state index is 0.0756. The number of esters is 6. The molecule has 1 N–H and O–H groups in total. The first-order valence-corrected chi connectivity index (χ1v) is 25.8. The predicted octanol–water partition coefficient (Wildman–Crippen LogP) is 11.0. The Morgan fingerprint density at radius 3 is 0.781 bits per heavy atom. The summed E-state index contributed by atoms with van der Waals surface area (Å²) < 4.78 is 32.9. The lowest BCUT2D eigenvalue weighted by Crippen LogP contribution is -2.57. The van der Waals surface area contributed by atoms with E-state index in [1.807, 2.05) is 0 Å². The van der Waals surface area contributed by atoms with E-state index in [1.165, 1.54) is 77.0 Å². The van der Waals surface area contributed by atoms with Crippen LogP contribution in [0.2, 0.25) is 0 Å². The van der Waals surface area contributed by atoms with Gasteiger partial charge in [-0.05, 0) is 43.9 Å². The third-order valence-electron chi connectivity index (χ3n) is 11.7. The van der Waals surface area contributed by atoms with E-state index in [9.17, 15) is 28.8 Å². The van der Waals surface area contributed by atoms with Crippen LogP contribution in [-0.4, -0.2) is 87.5 Å². The van der Waals surface area contributed by atoms with Crippen molar-refractivity contribution in [2.75, 3.05) is 39.6 Å². The van der Waals surface area contributed by atoms with Crippen LogP contribution in [0, 0.1) is 11.8 Å². The Balaban J connectivity index is 2.56. The zero-order valence-corrected chi connectivity index (χ0v) is 40.9. The molecule has 1 aliphatic heterocycles. The molecule has 64 heavy (non-hydrogen) atoms. The molecule has 0 saturated carbocycles. The SMILES string of the molecule is CCCCCCCCOC(=O)CC(CC(=O)OCCCCCCCC)CC(=O)OC[C@H]1C[C@H](COC(=O)CC(CC(=O)OCCCCCCCC)CC(=O)OCCCCCCCC)N1. The fraction of sp³-hybridized carbons (Fsp3) is 0.882. The lowest BCUT2D eigenvalue weighted by molar-refractivity contribution is -0.152. The first kappa shape index (κ1) is 58.8. The van der Waals surface area contributed by atoms with E-state index in [2.05, 4.69) is 33.0 Å². The van der Waals surface area contributed by atoms with Crippen molar-refractivity contribution in [1.82, 2.24) is 5.32 Å². The lowest BCUT2D eigenvalue weighted by atomic mass is 9.96. The standard InChI is InChI=1S/C51H91NO12/c1-5-9-13-17-21-25-29-59-46(53)33-42(34-47(54)60-30-26-22-18-14-10-6-2)37-50(57)63-40-44-39-45(52-44)41-64-51(58)38-43(35-48(55)61-31-27-23-19-15-11-7-3)36-49(56)62-32-28-24-20-16-12-8-4/h42-45,52H,5-41H2,1-4H3/t44-,45-/m1/s1. The van der Waals surface area contributed by atoms with Gasteiger partial charge in [-0.15, -0.1) is 0 Å². The Kier molecular flexibility index (Phi) is 37.9. The van der Waals surface area contributed by atoms with Crippen LogP contribution >= 0.6 is 0 Å². The summed E-state index contributed by atoms with van der Waals surface area (Å²) in [5.74, 6) is -3.99. The van der Waals surface area contributed by atoms with Gasteiger partial charge in [0.15, 0.2) is 0 Å². The molecule has 372 valence electrons. The molecule has 0 bridgehead atoms. The zero-order valence-electron chi connectivity index (χ0n) is 40.9. The molecule has 1 rings (SSSR count). The van der Waals surface area contributed by atoms with Gasteiger partial charge in [0.05, 0.1) is 26.4 Å². The zero-order chi connectivity index (χ0) is 46.9. The van der Waals surface area contributed by atoms with Gasteiger partial charge in [-0.25, -0.2) is 0 Å². The van der Waals surface area contributed by atoms with Crippen molar-refractivity contribution in [2.24, 2.45) is 11.8 Å². The smallest absolute Gasteiger partial charge is 0.306 e. The highest BCUT2D eigenvalue weighted by Crippen LogP contribution is 2.21. The van der Waals surface area contributed by atoms with Gasteiger partial charge in [0, 0.05) is 50.6 Å². The number of rotatable bonds is 44. The Morgan fingerprint density at radius 1 is 0.344 bits per heavy atom. The van der Waals surface area contributed by atoms with Gasteiger partial charge in [0.2, 0.25) is 0 Å². The van der Waals surface area contributed by atoms with E-state index in [0.29, 0.717) is 32.8 Å². The van der Waals surface area contributed by atoms with E-state index >= 15 is 0 Å². The minimum atomic E-state index is -0.601. The summed E-state index contributed by atoms with van der Waals surface area (Å²) in [4.78, 5) is 76.7. The highest BCUT2D eigenvalue weighted by atomic mass is 16.6.